The minimum atomic E-state index is 0.481. The molecule has 0 rings (SSSR count). The standard InChI is InChI=1S/C10H21N/c1-7-10(6)11(8(2)3)9(4)5/h7-10H,1H2,2-6H3. The molecule has 0 aromatic carbocycles. The Morgan fingerprint density at radius 1 is 1.00 bits per heavy atom. The molecule has 0 spiro atoms. The maximum atomic E-state index is 3.80. The van der Waals surface area contributed by atoms with Crippen LogP contribution in [-0.4, -0.2) is 23.0 Å². The van der Waals surface area contributed by atoms with Gasteiger partial charge < -0.3 is 0 Å². The molecular weight excluding hydrogens is 134 g/mol. The highest BCUT2D eigenvalue weighted by Gasteiger charge is 2.16. The van der Waals surface area contributed by atoms with E-state index in [2.05, 4.69) is 46.1 Å². The highest BCUT2D eigenvalue weighted by atomic mass is 15.2. The van der Waals surface area contributed by atoms with Crippen molar-refractivity contribution in [3.05, 3.63) is 12.7 Å². The van der Waals surface area contributed by atoms with E-state index in [4.69, 9.17) is 0 Å². The van der Waals surface area contributed by atoms with Crippen LogP contribution in [0.15, 0.2) is 12.7 Å². The molecule has 0 heterocycles. The first-order valence-corrected chi connectivity index (χ1v) is 4.40. The van der Waals surface area contributed by atoms with Crippen LogP contribution in [0.3, 0.4) is 0 Å². The first-order valence-electron chi connectivity index (χ1n) is 4.40. The van der Waals surface area contributed by atoms with Crippen molar-refractivity contribution >= 4 is 0 Å². The van der Waals surface area contributed by atoms with Crippen molar-refractivity contribution in [1.82, 2.24) is 4.90 Å². The highest BCUT2D eigenvalue weighted by molar-refractivity contribution is 4.87. The maximum Gasteiger partial charge on any atom is 0.0252 e. The fraction of sp³-hybridized carbons (Fsp3) is 0.800. The predicted octanol–water partition coefficient (Wildman–Crippen LogP) is 2.68. The zero-order valence-corrected chi connectivity index (χ0v) is 8.46. The van der Waals surface area contributed by atoms with Gasteiger partial charge in [-0.05, 0) is 34.6 Å². The third-order valence-corrected chi connectivity index (χ3v) is 2.00. The van der Waals surface area contributed by atoms with Crippen LogP contribution in [0, 0.1) is 0 Å². The van der Waals surface area contributed by atoms with Gasteiger partial charge in [0.25, 0.3) is 0 Å². The molecule has 0 amide bonds. The van der Waals surface area contributed by atoms with Gasteiger partial charge in [0.15, 0.2) is 0 Å². The molecule has 1 nitrogen and oxygen atoms in total. The van der Waals surface area contributed by atoms with E-state index in [1.54, 1.807) is 0 Å². The van der Waals surface area contributed by atoms with Crippen LogP contribution in [0.2, 0.25) is 0 Å². The average Bonchev–Trinajstić information content (AvgIpc) is 1.85. The fourth-order valence-corrected chi connectivity index (χ4v) is 1.66. The van der Waals surface area contributed by atoms with E-state index in [0.29, 0.717) is 18.1 Å². The molecule has 0 saturated heterocycles. The Hall–Kier alpha value is -0.300. The fourth-order valence-electron chi connectivity index (χ4n) is 1.66. The van der Waals surface area contributed by atoms with Crippen molar-refractivity contribution in [2.24, 2.45) is 0 Å². The minimum absolute atomic E-state index is 0.481. The van der Waals surface area contributed by atoms with E-state index in [9.17, 15) is 0 Å². The third kappa shape index (κ3) is 3.06. The SMILES string of the molecule is C=CC(C)N(C(C)C)C(C)C. The Bertz CT molecular complexity index is 108. The molecule has 0 bridgehead atoms. The van der Waals surface area contributed by atoms with Gasteiger partial charge in [0.2, 0.25) is 0 Å². The van der Waals surface area contributed by atoms with Crippen LogP contribution in [0.1, 0.15) is 34.6 Å². The van der Waals surface area contributed by atoms with Crippen LogP contribution < -0.4 is 0 Å². The molecule has 0 radical (unpaired) electrons. The van der Waals surface area contributed by atoms with E-state index in [0.717, 1.165) is 0 Å². The minimum Gasteiger partial charge on any atom is -0.292 e. The average molecular weight is 155 g/mol. The van der Waals surface area contributed by atoms with Crippen molar-refractivity contribution in [3.8, 4) is 0 Å². The summed E-state index contributed by atoms with van der Waals surface area (Å²) in [5, 5.41) is 0. The van der Waals surface area contributed by atoms with E-state index < -0.39 is 0 Å². The maximum absolute atomic E-state index is 3.80. The van der Waals surface area contributed by atoms with Crippen LogP contribution >= 0.6 is 0 Å². The molecule has 0 saturated carbocycles. The number of hydrogen-bond acceptors (Lipinski definition) is 1. The predicted molar refractivity (Wildman–Crippen MR) is 51.8 cm³/mol. The Labute approximate surface area is 71.1 Å². The summed E-state index contributed by atoms with van der Waals surface area (Å²) >= 11 is 0. The van der Waals surface area contributed by atoms with Gasteiger partial charge >= 0.3 is 0 Å². The summed E-state index contributed by atoms with van der Waals surface area (Å²) in [6, 6.07) is 1.68. The molecule has 1 unspecified atom stereocenters. The summed E-state index contributed by atoms with van der Waals surface area (Å²) in [4.78, 5) is 2.44. The summed E-state index contributed by atoms with van der Waals surface area (Å²) in [6.07, 6.45) is 2.00. The monoisotopic (exact) mass is 155 g/mol. The first kappa shape index (κ1) is 10.7. The molecule has 0 aromatic heterocycles. The molecule has 0 N–H and O–H groups in total. The largest absolute Gasteiger partial charge is 0.292 e. The van der Waals surface area contributed by atoms with Gasteiger partial charge in [-0.25, -0.2) is 0 Å². The molecule has 11 heavy (non-hydrogen) atoms. The van der Waals surface area contributed by atoms with Gasteiger partial charge in [-0.15, -0.1) is 6.58 Å². The lowest BCUT2D eigenvalue weighted by atomic mass is 10.1. The molecule has 0 fully saturated rings. The van der Waals surface area contributed by atoms with Crippen molar-refractivity contribution in [1.29, 1.82) is 0 Å². The second-order valence-electron chi connectivity index (χ2n) is 3.61. The summed E-state index contributed by atoms with van der Waals surface area (Å²) in [5.41, 5.74) is 0. The second-order valence-corrected chi connectivity index (χ2v) is 3.61. The Morgan fingerprint density at radius 3 is 1.45 bits per heavy atom. The van der Waals surface area contributed by atoms with Crippen LogP contribution in [0.5, 0.6) is 0 Å². The highest BCUT2D eigenvalue weighted by Crippen LogP contribution is 2.10. The van der Waals surface area contributed by atoms with Gasteiger partial charge in [-0.2, -0.15) is 0 Å². The van der Waals surface area contributed by atoms with E-state index in [1.807, 2.05) is 6.08 Å². The van der Waals surface area contributed by atoms with Crippen molar-refractivity contribution in [3.63, 3.8) is 0 Å². The molecule has 0 aliphatic rings. The Morgan fingerprint density at radius 2 is 1.36 bits per heavy atom. The second kappa shape index (κ2) is 4.55. The van der Waals surface area contributed by atoms with Gasteiger partial charge in [0, 0.05) is 18.1 Å². The van der Waals surface area contributed by atoms with Crippen molar-refractivity contribution in [2.45, 2.75) is 52.7 Å². The zero-order valence-electron chi connectivity index (χ0n) is 8.46. The Kier molecular flexibility index (Phi) is 4.43. The van der Waals surface area contributed by atoms with Gasteiger partial charge in [0.05, 0.1) is 0 Å². The lowest BCUT2D eigenvalue weighted by Gasteiger charge is -2.34. The summed E-state index contributed by atoms with van der Waals surface area (Å²) in [5.74, 6) is 0. The van der Waals surface area contributed by atoms with E-state index in [1.165, 1.54) is 0 Å². The number of hydrogen-bond donors (Lipinski definition) is 0. The molecular formula is C10H21N. The van der Waals surface area contributed by atoms with Crippen LogP contribution in [0.25, 0.3) is 0 Å². The van der Waals surface area contributed by atoms with Crippen LogP contribution in [-0.2, 0) is 0 Å². The lowest BCUT2D eigenvalue weighted by Crippen LogP contribution is -2.42. The van der Waals surface area contributed by atoms with E-state index in [-0.39, 0.29) is 0 Å². The summed E-state index contributed by atoms with van der Waals surface area (Å²) in [7, 11) is 0. The Balaban J connectivity index is 4.20. The van der Waals surface area contributed by atoms with Crippen molar-refractivity contribution in [2.75, 3.05) is 0 Å². The van der Waals surface area contributed by atoms with Gasteiger partial charge in [-0.1, -0.05) is 6.08 Å². The number of nitrogens with zero attached hydrogens (tertiary/aromatic N) is 1. The normalized spacial score (nSPS) is 14.5. The smallest absolute Gasteiger partial charge is 0.0252 e. The van der Waals surface area contributed by atoms with Gasteiger partial charge in [-0.3, -0.25) is 4.90 Å². The van der Waals surface area contributed by atoms with Crippen molar-refractivity contribution < 1.29 is 0 Å². The zero-order chi connectivity index (χ0) is 9.02. The molecule has 1 heteroatoms. The third-order valence-electron chi connectivity index (χ3n) is 2.00. The molecule has 1 atom stereocenters. The summed E-state index contributed by atoms with van der Waals surface area (Å²) in [6.45, 7) is 14.9. The van der Waals surface area contributed by atoms with Gasteiger partial charge in [0.1, 0.15) is 0 Å². The first-order chi connectivity index (χ1) is 5.00. The lowest BCUT2D eigenvalue weighted by molar-refractivity contribution is 0.148. The molecule has 0 aliphatic carbocycles. The summed E-state index contributed by atoms with van der Waals surface area (Å²) < 4.78 is 0. The molecule has 0 aliphatic heterocycles. The molecule has 0 aromatic rings. The molecule has 66 valence electrons. The topological polar surface area (TPSA) is 3.24 Å². The number of rotatable bonds is 4. The van der Waals surface area contributed by atoms with Crippen LogP contribution in [0.4, 0.5) is 0 Å². The van der Waals surface area contributed by atoms with E-state index >= 15 is 0 Å². The quantitative estimate of drug-likeness (QED) is 0.564.